The molecule has 1 N–H and O–H groups in total. The predicted octanol–water partition coefficient (Wildman–Crippen LogP) is 3.23. The van der Waals surface area contributed by atoms with E-state index in [4.69, 9.17) is 16.3 Å². The molecular formula is C15H20ClNO2. The van der Waals surface area contributed by atoms with E-state index in [1.54, 1.807) is 6.07 Å². The van der Waals surface area contributed by atoms with Crippen molar-refractivity contribution in [2.45, 2.75) is 26.7 Å². The van der Waals surface area contributed by atoms with Crippen LogP contribution in [0.15, 0.2) is 12.1 Å². The predicted molar refractivity (Wildman–Crippen MR) is 77.3 cm³/mol. The van der Waals surface area contributed by atoms with Gasteiger partial charge in [-0.3, -0.25) is 4.79 Å². The molecule has 0 spiro atoms. The third-order valence-corrected chi connectivity index (χ3v) is 3.76. The Morgan fingerprint density at radius 2 is 2.26 bits per heavy atom. The fourth-order valence-corrected chi connectivity index (χ4v) is 2.51. The number of ether oxygens (including phenoxy) is 1. The Morgan fingerprint density at radius 1 is 1.47 bits per heavy atom. The maximum atomic E-state index is 12.5. The molecular weight excluding hydrogens is 262 g/mol. The second-order valence-corrected chi connectivity index (χ2v) is 5.41. The van der Waals surface area contributed by atoms with E-state index in [0.29, 0.717) is 29.5 Å². The Hall–Kier alpha value is -1.06. The lowest BCUT2D eigenvalue weighted by atomic mass is 9.92. The molecule has 0 amide bonds. The average Bonchev–Trinajstić information content (AvgIpc) is 2.40. The molecule has 4 heteroatoms. The molecule has 3 nitrogen and oxygen atoms in total. The number of unbranched alkanes of at least 4 members (excludes halogenated alkanes) is 1. The standard InChI is InChI=1S/C15H20ClNO2/c1-3-4-7-17-8-11-9-19-15-12(16)6-5-10(2)13(15)14(11)18/h5-6,11,17H,3-4,7-9H2,1-2H3/t11-/m0/s1. The summed E-state index contributed by atoms with van der Waals surface area (Å²) in [6, 6.07) is 3.65. The summed E-state index contributed by atoms with van der Waals surface area (Å²) in [5.41, 5.74) is 1.59. The lowest BCUT2D eigenvalue weighted by Gasteiger charge is -2.26. The molecule has 0 aromatic heterocycles. The fourth-order valence-electron chi connectivity index (χ4n) is 2.30. The van der Waals surface area contributed by atoms with Crippen molar-refractivity contribution in [3.05, 3.63) is 28.3 Å². The highest BCUT2D eigenvalue weighted by atomic mass is 35.5. The molecule has 0 bridgehead atoms. The highest BCUT2D eigenvalue weighted by Crippen LogP contribution is 2.36. The van der Waals surface area contributed by atoms with E-state index < -0.39 is 0 Å². The van der Waals surface area contributed by atoms with Gasteiger partial charge in [-0.15, -0.1) is 0 Å². The minimum Gasteiger partial charge on any atom is -0.490 e. The zero-order chi connectivity index (χ0) is 13.8. The number of rotatable bonds is 5. The third-order valence-electron chi connectivity index (χ3n) is 3.46. The summed E-state index contributed by atoms with van der Waals surface area (Å²) in [5, 5.41) is 3.84. The zero-order valence-corrected chi connectivity index (χ0v) is 12.2. The van der Waals surface area contributed by atoms with Gasteiger partial charge in [0.15, 0.2) is 5.78 Å². The number of aryl methyl sites for hydroxylation is 1. The Labute approximate surface area is 119 Å². The molecule has 1 aliphatic rings. The largest absolute Gasteiger partial charge is 0.490 e. The second-order valence-electron chi connectivity index (χ2n) is 5.00. The van der Waals surface area contributed by atoms with E-state index >= 15 is 0 Å². The number of carbonyl (C=O) groups excluding carboxylic acids is 1. The van der Waals surface area contributed by atoms with Gasteiger partial charge in [0.25, 0.3) is 0 Å². The zero-order valence-electron chi connectivity index (χ0n) is 11.5. The van der Waals surface area contributed by atoms with Crippen molar-refractivity contribution >= 4 is 17.4 Å². The van der Waals surface area contributed by atoms with Crippen LogP contribution in [-0.2, 0) is 0 Å². The molecule has 1 aliphatic heterocycles. The molecule has 0 saturated carbocycles. The monoisotopic (exact) mass is 281 g/mol. The Balaban J connectivity index is 2.09. The van der Waals surface area contributed by atoms with Gasteiger partial charge in [0.1, 0.15) is 5.75 Å². The summed E-state index contributed by atoms with van der Waals surface area (Å²) in [7, 11) is 0. The number of hydrogen-bond acceptors (Lipinski definition) is 3. The number of halogens is 1. The summed E-state index contributed by atoms with van der Waals surface area (Å²) in [6.45, 7) is 6.10. The van der Waals surface area contributed by atoms with E-state index in [9.17, 15) is 4.79 Å². The third kappa shape index (κ3) is 3.10. The summed E-state index contributed by atoms with van der Waals surface area (Å²) in [5.74, 6) is 0.586. The van der Waals surface area contributed by atoms with Gasteiger partial charge in [0.05, 0.1) is 23.1 Å². The smallest absolute Gasteiger partial charge is 0.174 e. The summed E-state index contributed by atoms with van der Waals surface area (Å²) >= 11 is 6.08. The van der Waals surface area contributed by atoms with Crippen LogP contribution in [0.2, 0.25) is 5.02 Å². The van der Waals surface area contributed by atoms with Gasteiger partial charge in [-0.1, -0.05) is 31.0 Å². The molecule has 0 saturated heterocycles. The van der Waals surface area contributed by atoms with Crippen molar-refractivity contribution in [1.82, 2.24) is 5.32 Å². The van der Waals surface area contributed by atoms with Crippen molar-refractivity contribution in [1.29, 1.82) is 0 Å². The van der Waals surface area contributed by atoms with Gasteiger partial charge in [-0.25, -0.2) is 0 Å². The van der Waals surface area contributed by atoms with Crippen LogP contribution in [0.3, 0.4) is 0 Å². The van der Waals surface area contributed by atoms with Crippen molar-refractivity contribution in [2.75, 3.05) is 19.7 Å². The minimum atomic E-state index is -0.110. The van der Waals surface area contributed by atoms with Gasteiger partial charge in [0.2, 0.25) is 0 Å². The summed E-state index contributed by atoms with van der Waals surface area (Å²) in [4.78, 5) is 12.5. The lowest BCUT2D eigenvalue weighted by Crippen LogP contribution is -2.37. The lowest BCUT2D eigenvalue weighted by molar-refractivity contribution is 0.0829. The Bertz CT molecular complexity index is 473. The summed E-state index contributed by atoms with van der Waals surface area (Å²) in [6.07, 6.45) is 2.28. The van der Waals surface area contributed by atoms with Crippen LogP contribution >= 0.6 is 11.6 Å². The maximum Gasteiger partial charge on any atom is 0.174 e. The Kier molecular flexibility index (Phi) is 4.83. The molecule has 1 atom stereocenters. The van der Waals surface area contributed by atoms with Crippen LogP contribution in [-0.4, -0.2) is 25.5 Å². The molecule has 1 aromatic carbocycles. The average molecular weight is 282 g/mol. The molecule has 104 valence electrons. The first kappa shape index (κ1) is 14.4. The van der Waals surface area contributed by atoms with Gasteiger partial charge in [-0.05, 0) is 31.5 Å². The van der Waals surface area contributed by atoms with Crippen molar-refractivity contribution < 1.29 is 9.53 Å². The van der Waals surface area contributed by atoms with E-state index in [2.05, 4.69) is 12.2 Å². The van der Waals surface area contributed by atoms with E-state index in [-0.39, 0.29) is 11.7 Å². The van der Waals surface area contributed by atoms with Crippen LogP contribution in [0, 0.1) is 12.8 Å². The highest BCUT2D eigenvalue weighted by Gasteiger charge is 2.31. The van der Waals surface area contributed by atoms with Crippen LogP contribution in [0.4, 0.5) is 0 Å². The maximum absolute atomic E-state index is 12.5. The molecule has 0 aliphatic carbocycles. The first-order valence-electron chi connectivity index (χ1n) is 6.82. The SMILES string of the molecule is CCCCNC[C@H]1COc2c(Cl)ccc(C)c2C1=O. The van der Waals surface area contributed by atoms with Gasteiger partial charge >= 0.3 is 0 Å². The van der Waals surface area contributed by atoms with Crippen LogP contribution in [0.1, 0.15) is 35.7 Å². The number of ketones is 1. The van der Waals surface area contributed by atoms with Crippen molar-refractivity contribution in [3.63, 3.8) is 0 Å². The summed E-state index contributed by atoms with van der Waals surface area (Å²) < 4.78 is 5.68. The highest BCUT2D eigenvalue weighted by molar-refractivity contribution is 6.33. The normalized spacial score (nSPS) is 18.1. The number of carbonyl (C=O) groups is 1. The van der Waals surface area contributed by atoms with Crippen LogP contribution in [0.25, 0.3) is 0 Å². The van der Waals surface area contributed by atoms with E-state index in [1.165, 1.54) is 0 Å². The second kappa shape index (κ2) is 6.40. The van der Waals surface area contributed by atoms with E-state index in [1.807, 2.05) is 13.0 Å². The minimum absolute atomic E-state index is 0.110. The molecule has 19 heavy (non-hydrogen) atoms. The van der Waals surface area contributed by atoms with Crippen molar-refractivity contribution in [2.24, 2.45) is 5.92 Å². The van der Waals surface area contributed by atoms with Crippen LogP contribution in [0.5, 0.6) is 5.75 Å². The Morgan fingerprint density at radius 3 is 3.00 bits per heavy atom. The molecule has 0 unspecified atom stereocenters. The molecule has 0 radical (unpaired) electrons. The van der Waals surface area contributed by atoms with Gasteiger partial charge in [-0.2, -0.15) is 0 Å². The molecule has 1 heterocycles. The number of hydrogen-bond donors (Lipinski definition) is 1. The molecule has 2 rings (SSSR count). The topological polar surface area (TPSA) is 38.3 Å². The first-order valence-corrected chi connectivity index (χ1v) is 7.19. The first-order chi connectivity index (χ1) is 9.15. The van der Waals surface area contributed by atoms with Crippen LogP contribution < -0.4 is 10.1 Å². The quantitative estimate of drug-likeness (QED) is 0.842. The van der Waals surface area contributed by atoms with Gasteiger partial charge < -0.3 is 10.1 Å². The molecule has 0 fully saturated rings. The molecule has 1 aromatic rings. The van der Waals surface area contributed by atoms with E-state index in [0.717, 1.165) is 24.9 Å². The fraction of sp³-hybridized carbons (Fsp3) is 0.533. The number of benzene rings is 1. The number of Topliss-reactive ketones (excluding diaryl/α,β-unsaturated/α-hetero) is 1. The van der Waals surface area contributed by atoms with Gasteiger partial charge in [0, 0.05) is 6.54 Å². The number of nitrogens with one attached hydrogen (secondary N) is 1. The van der Waals surface area contributed by atoms with Crippen molar-refractivity contribution in [3.8, 4) is 5.75 Å². The number of fused-ring (bicyclic) bond motifs is 1.